The van der Waals surface area contributed by atoms with E-state index in [0.29, 0.717) is 0 Å². The van der Waals surface area contributed by atoms with Crippen molar-refractivity contribution in [2.24, 2.45) is 11.5 Å². The van der Waals surface area contributed by atoms with E-state index in [-0.39, 0.29) is 0 Å². The van der Waals surface area contributed by atoms with Gasteiger partial charge in [-0.2, -0.15) is 0 Å². The predicted octanol–water partition coefficient (Wildman–Crippen LogP) is -4.12. The number of nitrogens with two attached hydrogens (primary N) is 2. The first kappa shape index (κ1) is 12.4. The van der Waals surface area contributed by atoms with Crippen molar-refractivity contribution in [3.05, 3.63) is 0 Å². The van der Waals surface area contributed by atoms with E-state index in [1.165, 1.54) is 0 Å². The van der Waals surface area contributed by atoms with Crippen LogP contribution in [-0.2, 0) is 4.79 Å². The first-order valence-electron chi connectivity index (χ1n) is 3.59. The first-order valence-corrected chi connectivity index (χ1v) is 3.59. The van der Waals surface area contributed by atoms with Crippen molar-refractivity contribution in [3.8, 4) is 0 Å². The number of aliphatic hydroxyl groups is 4. The predicted molar refractivity (Wildman–Crippen MR) is 42.3 cm³/mol. The van der Waals surface area contributed by atoms with Crippen LogP contribution in [0.25, 0.3) is 0 Å². The molecule has 7 nitrogen and oxygen atoms in total. The number of hydrogen-bond acceptors (Lipinski definition) is 7. The highest BCUT2D eigenvalue weighted by molar-refractivity contribution is 5.90. The fraction of sp³-hybridized carbons (Fsp3) is 0.833. The summed E-state index contributed by atoms with van der Waals surface area (Å²) in [5.41, 5.74) is 7.54. The van der Waals surface area contributed by atoms with E-state index in [1.54, 1.807) is 0 Å². The molecule has 7 heteroatoms. The third-order valence-electron chi connectivity index (χ3n) is 1.56. The molecular formula is C6H14N2O5. The van der Waals surface area contributed by atoms with Crippen molar-refractivity contribution in [3.63, 3.8) is 0 Å². The molecular weight excluding hydrogens is 180 g/mol. The summed E-state index contributed by atoms with van der Waals surface area (Å²) in [6.07, 6.45) is -3.61. The zero-order chi connectivity index (χ0) is 10.6. The van der Waals surface area contributed by atoms with Gasteiger partial charge in [0.25, 0.3) is 0 Å². The summed E-state index contributed by atoms with van der Waals surface area (Å²) in [5, 5.41) is 35.3. The Bertz CT molecular complexity index is 184. The molecule has 13 heavy (non-hydrogen) atoms. The van der Waals surface area contributed by atoms with E-state index in [1.807, 2.05) is 0 Å². The molecule has 0 spiro atoms. The van der Waals surface area contributed by atoms with Crippen molar-refractivity contribution in [1.29, 1.82) is 0 Å². The highest BCUT2D eigenvalue weighted by Crippen LogP contribution is 2.03. The second kappa shape index (κ2) is 4.61. The number of rotatable bonds is 5. The van der Waals surface area contributed by atoms with Crippen molar-refractivity contribution >= 4 is 5.78 Å². The fourth-order valence-corrected chi connectivity index (χ4v) is 0.631. The Balaban J connectivity index is 4.42. The van der Waals surface area contributed by atoms with Crippen LogP contribution in [0.5, 0.6) is 0 Å². The van der Waals surface area contributed by atoms with Crippen LogP contribution in [-0.4, -0.2) is 57.3 Å². The Morgan fingerprint density at radius 3 is 2.23 bits per heavy atom. The summed E-state index contributed by atoms with van der Waals surface area (Å²) in [7, 11) is 0. The molecule has 0 radical (unpaired) electrons. The Hall–Kier alpha value is -0.570. The van der Waals surface area contributed by atoms with Gasteiger partial charge >= 0.3 is 0 Å². The van der Waals surface area contributed by atoms with Crippen molar-refractivity contribution in [2.75, 3.05) is 13.2 Å². The molecule has 0 saturated heterocycles. The molecule has 0 bridgehead atoms. The van der Waals surface area contributed by atoms with Gasteiger partial charge in [0.1, 0.15) is 12.2 Å². The van der Waals surface area contributed by atoms with Crippen molar-refractivity contribution < 1.29 is 25.2 Å². The van der Waals surface area contributed by atoms with E-state index < -0.39 is 36.9 Å². The largest absolute Gasteiger partial charge is 0.394 e. The van der Waals surface area contributed by atoms with E-state index in [4.69, 9.17) is 31.9 Å². The van der Waals surface area contributed by atoms with Gasteiger partial charge in [0.2, 0.25) is 5.78 Å². The molecule has 0 rings (SSSR count). The van der Waals surface area contributed by atoms with E-state index in [0.717, 1.165) is 0 Å². The molecule has 8 N–H and O–H groups in total. The van der Waals surface area contributed by atoms with Gasteiger partial charge in [0.15, 0.2) is 5.72 Å². The van der Waals surface area contributed by atoms with Crippen LogP contribution in [0.1, 0.15) is 0 Å². The maximum atomic E-state index is 11.0. The van der Waals surface area contributed by atoms with Crippen molar-refractivity contribution in [2.45, 2.75) is 17.9 Å². The molecule has 0 aromatic rings. The second-order valence-electron chi connectivity index (χ2n) is 2.69. The Kier molecular flexibility index (Phi) is 4.40. The summed E-state index contributed by atoms with van der Waals surface area (Å²) < 4.78 is 0. The summed E-state index contributed by atoms with van der Waals surface area (Å²) in [5.74, 6) is -1.23. The molecule has 0 aliphatic carbocycles. The molecule has 0 aliphatic heterocycles. The summed E-state index contributed by atoms with van der Waals surface area (Å²) in [6.45, 7) is -1.39. The zero-order valence-corrected chi connectivity index (χ0v) is 6.92. The molecule has 3 atom stereocenters. The highest BCUT2D eigenvalue weighted by atomic mass is 16.4. The molecule has 0 aliphatic rings. The molecule has 0 amide bonds. The molecule has 0 fully saturated rings. The Morgan fingerprint density at radius 2 is 1.92 bits per heavy atom. The SMILES string of the molecule is NCC(N)(O)C(=O)C(O)C(O)CO. The minimum atomic E-state index is -2.38. The summed E-state index contributed by atoms with van der Waals surface area (Å²) >= 11 is 0. The smallest absolute Gasteiger partial charge is 0.211 e. The standard InChI is InChI=1S/C6H14N2O5/c7-2-6(8,13)5(12)4(11)3(10)1-9/h3-4,9-11,13H,1-2,7-8H2. The molecule has 0 aromatic carbocycles. The van der Waals surface area contributed by atoms with Crippen LogP contribution in [0.3, 0.4) is 0 Å². The minimum Gasteiger partial charge on any atom is -0.394 e. The third-order valence-corrected chi connectivity index (χ3v) is 1.56. The molecule has 0 aromatic heterocycles. The normalized spacial score (nSPS) is 20.5. The van der Waals surface area contributed by atoms with Gasteiger partial charge in [0, 0.05) is 6.54 Å². The fourth-order valence-electron chi connectivity index (χ4n) is 0.631. The molecule has 0 heterocycles. The first-order chi connectivity index (χ1) is 5.86. The lowest BCUT2D eigenvalue weighted by Crippen LogP contribution is -2.59. The van der Waals surface area contributed by atoms with Crippen LogP contribution in [0, 0.1) is 0 Å². The monoisotopic (exact) mass is 194 g/mol. The van der Waals surface area contributed by atoms with Gasteiger partial charge in [-0.3, -0.25) is 10.5 Å². The average Bonchev–Trinajstić information content (AvgIpc) is 2.14. The average molecular weight is 194 g/mol. The van der Waals surface area contributed by atoms with Gasteiger partial charge in [0.05, 0.1) is 6.61 Å². The third kappa shape index (κ3) is 2.99. The minimum absolute atomic E-state index is 0.582. The van der Waals surface area contributed by atoms with Gasteiger partial charge < -0.3 is 26.2 Å². The van der Waals surface area contributed by atoms with E-state index in [9.17, 15) is 4.79 Å². The summed E-state index contributed by atoms with van der Waals surface area (Å²) in [6, 6.07) is 0. The van der Waals surface area contributed by atoms with Crippen LogP contribution in [0.15, 0.2) is 0 Å². The van der Waals surface area contributed by atoms with E-state index >= 15 is 0 Å². The number of hydrogen-bond donors (Lipinski definition) is 6. The number of carbonyl (C=O) groups excluding carboxylic acids is 1. The second-order valence-corrected chi connectivity index (χ2v) is 2.69. The van der Waals surface area contributed by atoms with Crippen LogP contribution < -0.4 is 11.5 Å². The quantitative estimate of drug-likeness (QED) is 0.243. The van der Waals surface area contributed by atoms with Crippen LogP contribution in [0.4, 0.5) is 0 Å². The molecule has 0 saturated carbocycles. The van der Waals surface area contributed by atoms with Crippen LogP contribution in [0.2, 0.25) is 0 Å². The molecule has 78 valence electrons. The van der Waals surface area contributed by atoms with Crippen LogP contribution >= 0.6 is 0 Å². The lowest BCUT2D eigenvalue weighted by atomic mass is 10.0. The lowest BCUT2D eigenvalue weighted by molar-refractivity contribution is -0.152. The number of ketones is 1. The topological polar surface area (TPSA) is 150 Å². The maximum absolute atomic E-state index is 11.0. The van der Waals surface area contributed by atoms with Gasteiger partial charge in [-0.25, -0.2) is 0 Å². The van der Waals surface area contributed by atoms with E-state index in [2.05, 4.69) is 0 Å². The highest BCUT2D eigenvalue weighted by Gasteiger charge is 2.37. The van der Waals surface area contributed by atoms with Gasteiger partial charge in [-0.05, 0) is 0 Å². The number of carbonyl (C=O) groups is 1. The maximum Gasteiger partial charge on any atom is 0.211 e. The Morgan fingerprint density at radius 1 is 1.46 bits per heavy atom. The van der Waals surface area contributed by atoms with Gasteiger partial charge in [-0.1, -0.05) is 0 Å². The Labute approximate surface area is 74.6 Å². The molecule has 3 unspecified atom stereocenters. The van der Waals surface area contributed by atoms with Crippen molar-refractivity contribution in [1.82, 2.24) is 0 Å². The van der Waals surface area contributed by atoms with Gasteiger partial charge in [-0.15, -0.1) is 0 Å². The summed E-state index contributed by atoms with van der Waals surface area (Å²) in [4.78, 5) is 11.0. The number of aliphatic hydroxyl groups excluding tert-OH is 3. The number of Topliss-reactive ketones (excluding diaryl/α,β-unsaturated/α-hetero) is 1. The lowest BCUT2D eigenvalue weighted by Gasteiger charge is -2.24. The zero-order valence-electron chi connectivity index (χ0n) is 6.92.